The minimum Gasteiger partial charge on any atom is -1.00 e. The van der Waals surface area contributed by atoms with Crippen molar-refractivity contribution in [2.45, 2.75) is 38.7 Å². The van der Waals surface area contributed by atoms with Gasteiger partial charge >= 0.3 is 0 Å². The predicted octanol–water partition coefficient (Wildman–Crippen LogP) is 1.39. The van der Waals surface area contributed by atoms with E-state index >= 15 is 0 Å². The molecule has 42 heavy (non-hydrogen) atoms. The first-order valence-electron chi connectivity index (χ1n) is 14.2. The van der Waals surface area contributed by atoms with Crippen molar-refractivity contribution >= 4 is 5.70 Å². The highest BCUT2D eigenvalue weighted by Gasteiger charge is 2.40. The third kappa shape index (κ3) is 5.23. The molecule has 1 N–H and O–H groups in total. The average molecular weight is 596 g/mol. The van der Waals surface area contributed by atoms with Crippen LogP contribution in [0.4, 0.5) is 0 Å². The standard InChI is InChI=1S/C33H37NO7.ClH/c1-6-7-12-39-32-25-18-34-11-10-21-16-27-28(41-19-40-27)17-23(21)31(34)24(22(25)8-9-26(32)35-2)13-20-14-29(36-3)33(38-5)30(15-20)37-4;/h8-9,14-18,32H,6-7,10-13,19H2,1-5H3;1H. The maximum atomic E-state index is 6.48. The number of hydrogen-bond acceptors (Lipinski definition) is 7. The van der Waals surface area contributed by atoms with Gasteiger partial charge in [-0.25, -0.2) is 0 Å². The summed E-state index contributed by atoms with van der Waals surface area (Å²) in [6.45, 7) is 4.02. The quantitative estimate of drug-likeness (QED) is 0.417. The van der Waals surface area contributed by atoms with Crippen LogP contribution >= 0.6 is 0 Å². The summed E-state index contributed by atoms with van der Waals surface area (Å²) in [5.74, 6) is 4.29. The minimum absolute atomic E-state index is 0. The Balaban J connectivity index is 0.00000353. The molecule has 2 aromatic carbocycles. The summed E-state index contributed by atoms with van der Waals surface area (Å²) in [6.07, 6.45) is 9.95. The highest BCUT2D eigenvalue weighted by Crippen LogP contribution is 2.44. The molecule has 0 saturated heterocycles. The maximum Gasteiger partial charge on any atom is 0.231 e. The summed E-state index contributed by atoms with van der Waals surface area (Å²) in [4.78, 5) is 1.30. The lowest BCUT2D eigenvalue weighted by Crippen LogP contribution is -3.06. The number of hydrogen-bond donors (Lipinski definition) is 1. The molecule has 0 aromatic heterocycles. The van der Waals surface area contributed by atoms with Crippen LogP contribution in [-0.4, -0.2) is 54.5 Å². The van der Waals surface area contributed by atoms with Crippen LogP contribution in [0.1, 0.15) is 36.5 Å². The molecule has 2 atom stereocenters. The van der Waals surface area contributed by atoms with Crippen LogP contribution in [0.15, 0.2) is 65.1 Å². The van der Waals surface area contributed by atoms with E-state index in [0.717, 1.165) is 59.8 Å². The molecule has 0 radical (unpaired) electrons. The van der Waals surface area contributed by atoms with E-state index in [1.165, 1.54) is 27.3 Å². The van der Waals surface area contributed by atoms with Gasteiger partial charge in [0.15, 0.2) is 23.0 Å². The molecule has 2 unspecified atom stereocenters. The van der Waals surface area contributed by atoms with Gasteiger partial charge in [0, 0.05) is 36.2 Å². The Morgan fingerprint density at radius 3 is 2.31 bits per heavy atom. The second-order valence-electron chi connectivity index (χ2n) is 10.5. The van der Waals surface area contributed by atoms with Crippen molar-refractivity contribution in [3.8, 4) is 28.7 Å². The number of ether oxygens (including phenoxy) is 7. The van der Waals surface area contributed by atoms with Crippen molar-refractivity contribution in [1.82, 2.24) is 0 Å². The number of unbranched alkanes of at least 4 members (excludes halogenated alkanes) is 1. The monoisotopic (exact) mass is 595 g/mol. The van der Waals surface area contributed by atoms with Crippen LogP contribution in [0.5, 0.6) is 28.7 Å². The van der Waals surface area contributed by atoms with Crippen LogP contribution in [0.25, 0.3) is 5.70 Å². The number of quaternary nitrogens is 1. The molecule has 2 aromatic rings. The van der Waals surface area contributed by atoms with E-state index < -0.39 is 0 Å². The van der Waals surface area contributed by atoms with E-state index in [4.69, 9.17) is 33.2 Å². The number of halogens is 1. The smallest absolute Gasteiger partial charge is 0.231 e. The highest BCUT2D eigenvalue weighted by atomic mass is 35.5. The Morgan fingerprint density at radius 2 is 1.64 bits per heavy atom. The number of allylic oxidation sites excluding steroid dienone is 3. The van der Waals surface area contributed by atoms with Gasteiger partial charge in [0.2, 0.25) is 12.5 Å². The summed E-state index contributed by atoms with van der Waals surface area (Å²) in [5.41, 5.74) is 8.29. The molecule has 0 saturated carbocycles. The first-order valence-corrected chi connectivity index (χ1v) is 14.2. The SMILES string of the molecule is CCCCOC1C(OC)=CC=C2C1=C[NH+]1CCc3cc4c(cc3C1=C2Cc1cc(OC)c(OC)c(OC)c1)OCO4.[Cl-]. The topological polar surface area (TPSA) is 69.1 Å². The molecular weight excluding hydrogens is 558 g/mol. The Bertz CT molecular complexity index is 1450. The number of nitrogens with one attached hydrogen (secondary N) is 1. The van der Waals surface area contributed by atoms with E-state index in [9.17, 15) is 0 Å². The fourth-order valence-corrected chi connectivity index (χ4v) is 6.20. The molecule has 224 valence electrons. The van der Waals surface area contributed by atoms with Gasteiger partial charge in [-0.05, 0) is 53.5 Å². The van der Waals surface area contributed by atoms with Crippen molar-refractivity contribution in [3.63, 3.8) is 0 Å². The van der Waals surface area contributed by atoms with Crippen molar-refractivity contribution in [1.29, 1.82) is 0 Å². The lowest BCUT2D eigenvalue weighted by Gasteiger charge is -2.36. The zero-order chi connectivity index (χ0) is 28.5. The van der Waals surface area contributed by atoms with Crippen LogP contribution in [0, 0.1) is 0 Å². The first-order chi connectivity index (χ1) is 20.1. The molecule has 0 bridgehead atoms. The molecular formula is C33H38ClNO7. The van der Waals surface area contributed by atoms with Gasteiger partial charge in [-0.2, -0.15) is 0 Å². The largest absolute Gasteiger partial charge is 1.00 e. The van der Waals surface area contributed by atoms with Gasteiger partial charge in [-0.15, -0.1) is 0 Å². The van der Waals surface area contributed by atoms with Crippen LogP contribution in [-0.2, 0) is 22.3 Å². The Hall–Kier alpha value is -3.59. The predicted molar refractivity (Wildman–Crippen MR) is 155 cm³/mol. The third-order valence-corrected chi connectivity index (χ3v) is 8.20. The van der Waals surface area contributed by atoms with Gasteiger partial charge in [-0.3, -0.25) is 4.90 Å². The molecule has 0 amide bonds. The number of rotatable bonds is 10. The molecule has 6 rings (SSSR count). The van der Waals surface area contributed by atoms with Crippen molar-refractivity contribution in [2.75, 3.05) is 48.4 Å². The maximum absolute atomic E-state index is 6.48. The summed E-state index contributed by atoms with van der Waals surface area (Å²) >= 11 is 0. The Morgan fingerprint density at radius 1 is 0.905 bits per heavy atom. The van der Waals surface area contributed by atoms with Crippen molar-refractivity contribution < 1.29 is 50.5 Å². The summed E-state index contributed by atoms with van der Waals surface area (Å²) in [5, 5.41) is 0. The van der Waals surface area contributed by atoms with E-state index in [1.54, 1.807) is 28.4 Å². The molecule has 1 aliphatic carbocycles. The van der Waals surface area contributed by atoms with Crippen LogP contribution in [0.3, 0.4) is 0 Å². The second kappa shape index (κ2) is 12.7. The number of fused-ring (bicyclic) bond motifs is 5. The van der Waals surface area contributed by atoms with Gasteiger partial charge in [0.1, 0.15) is 23.8 Å². The van der Waals surface area contributed by atoms with Crippen molar-refractivity contribution in [3.05, 3.63) is 81.8 Å². The van der Waals surface area contributed by atoms with Crippen LogP contribution in [0.2, 0.25) is 0 Å². The van der Waals surface area contributed by atoms with E-state index in [2.05, 4.69) is 31.3 Å². The summed E-state index contributed by atoms with van der Waals surface area (Å²) < 4.78 is 40.8. The molecule has 4 aliphatic rings. The normalized spacial score (nSPS) is 19.8. The van der Waals surface area contributed by atoms with Gasteiger partial charge in [0.25, 0.3) is 0 Å². The Labute approximate surface area is 253 Å². The average Bonchev–Trinajstić information content (AvgIpc) is 3.46. The first kappa shape index (κ1) is 29.9. The lowest BCUT2D eigenvalue weighted by molar-refractivity contribution is -0.771. The van der Waals surface area contributed by atoms with Crippen LogP contribution < -0.4 is 41.0 Å². The molecule has 0 spiro atoms. The summed E-state index contributed by atoms with van der Waals surface area (Å²) in [6, 6.07) is 8.36. The number of methoxy groups -OCH3 is 4. The third-order valence-electron chi connectivity index (χ3n) is 8.20. The summed E-state index contributed by atoms with van der Waals surface area (Å²) in [7, 11) is 6.64. The molecule has 3 heterocycles. The van der Waals surface area contributed by atoms with Gasteiger partial charge in [0.05, 0.1) is 35.0 Å². The van der Waals surface area contributed by atoms with Crippen molar-refractivity contribution in [2.24, 2.45) is 0 Å². The fourth-order valence-electron chi connectivity index (χ4n) is 6.20. The number of benzene rings is 2. The second-order valence-corrected chi connectivity index (χ2v) is 10.5. The Kier molecular flexibility index (Phi) is 9.06. The minimum atomic E-state index is -0.256. The van der Waals surface area contributed by atoms with E-state index in [1.807, 2.05) is 18.2 Å². The highest BCUT2D eigenvalue weighted by molar-refractivity contribution is 5.77. The fraction of sp³-hybridized carbons (Fsp3) is 0.394. The van der Waals surface area contributed by atoms with Gasteiger partial charge < -0.3 is 45.6 Å². The molecule has 0 fully saturated rings. The zero-order valence-electron chi connectivity index (χ0n) is 24.8. The zero-order valence-corrected chi connectivity index (χ0v) is 25.6. The van der Waals surface area contributed by atoms with E-state index in [-0.39, 0.29) is 25.3 Å². The molecule has 8 nitrogen and oxygen atoms in total. The molecule has 3 aliphatic heterocycles. The molecule has 9 heteroatoms. The van der Waals surface area contributed by atoms with Gasteiger partial charge in [-0.1, -0.05) is 19.4 Å². The lowest BCUT2D eigenvalue weighted by atomic mass is 9.79. The van der Waals surface area contributed by atoms with E-state index in [0.29, 0.717) is 30.3 Å².